The van der Waals surface area contributed by atoms with Gasteiger partial charge in [-0.15, -0.1) is 0 Å². The predicted molar refractivity (Wildman–Crippen MR) is 73.1 cm³/mol. The van der Waals surface area contributed by atoms with E-state index in [-0.39, 0.29) is 12.1 Å². The maximum atomic E-state index is 11.4. The van der Waals surface area contributed by atoms with E-state index in [1.807, 2.05) is 6.92 Å². The standard InChI is InChI=1S/C16H26O2/c1-10(2)16(17)18-11(3)5-8-15-12(4)13-6-7-14(15)9-13/h11-15H,1,5-9H2,2-4H3. The smallest absolute Gasteiger partial charge is 0.333 e. The number of ether oxygens (including phenoxy) is 1. The van der Waals surface area contributed by atoms with Gasteiger partial charge in [-0.25, -0.2) is 4.79 Å². The summed E-state index contributed by atoms with van der Waals surface area (Å²) in [6, 6.07) is 0. The molecule has 0 radical (unpaired) electrons. The molecule has 2 aliphatic carbocycles. The van der Waals surface area contributed by atoms with E-state index in [4.69, 9.17) is 4.74 Å². The number of hydrogen-bond donors (Lipinski definition) is 0. The molecule has 2 nitrogen and oxygen atoms in total. The summed E-state index contributed by atoms with van der Waals surface area (Å²) >= 11 is 0. The van der Waals surface area contributed by atoms with Crippen LogP contribution in [0.5, 0.6) is 0 Å². The van der Waals surface area contributed by atoms with Crippen molar-refractivity contribution < 1.29 is 9.53 Å². The van der Waals surface area contributed by atoms with Crippen LogP contribution in [0.3, 0.4) is 0 Å². The highest BCUT2D eigenvalue weighted by molar-refractivity contribution is 5.87. The highest BCUT2D eigenvalue weighted by Crippen LogP contribution is 2.53. The number of rotatable bonds is 5. The third-order valence-corrected chi connectivity index (χ3v) is 5.10. The fourth-order valence-corrected chi connectivity index (χ4v) is 3.97. The molecule has 2 bridgehead atoms. The predicted octanol–water partition coefficient (Wildman–Crippen LogP) is 3.96. The second kappa shape index (κ2) is 5.46. The third-order valence-electron chi connectivity index (χ3n) is 5.10. The molecule has 0 aromatic heterocycles. The van der Waals surface area contributed by atoms with Crippen LogP contribution >= 0.6 is 0 Å². The zero-order valence-electron chi connectivity index (χ0n) is 11.9. The van der Waals surface area contributed by atoms with E-state index in [1.54, 1.807) is 6.92 Å². The number of fused-ring (bicyclic) bond motifs is 2. The van der Waals surface area contributed by atoms with Crippen molar-refractivity contribution in [3.8, 4) is 0 Å². The first kappa shape index (κ1) is 13.6. The topological polar surface area (TPSA) is 26.3 Å². The SMILES string of the molecule is C=C(C)C(=O)OC(C)CCC1C2CCC(C2)C1C. The summed E-state index contributed by atoms with van der Waals surface area (Å²) in [5, 5.41) is 0. The van der Waals surface area contributed by atoms with Crippen molar-refractivity contribution in [2.75, 3.05) is 0 Å². The Kier molecular flexibility index (Phi) is 4.14. The molecule has 2 aliphatic rings. The molecule has 0 amide bonds. The van der Waals surface area contributed by atoms with Gasteiger partial charge in [0, 0.05) is 5.57 Å². The molecular formula is C16H26O2. The van der Waals surface area contributed by atoms with Gasteiger partial charge in [-0.05, 0) is 69.6 Å². The quantitative estimate of drug-likeness (QED) is 0.545. The Balaban J connectivity index is 1.75. The molecule has 0 N–H and O–H groups in total. The maximum absolute atomic E-state index is 11.4. The number of carbonyl (C=O) groups excluding carboxylic acids is 1. The van der Waals surface area contributed by atoms with Crippen LogP contribution in [-0.4, -0.2) is 12.1 Å². The summed E-state index contributed by atoms with van der Waals surface area (Å²) in [6.45, 7) is 9.73. The van der Waals surface area contributed by atoms with E-state index < -0.39 is 0 Å². The lowest BCUT2D eigenvalue weighted by Gasteiger charge is -2.29. The van der Waals surface area contributed by atoms with Gasteiger partial charge in [0.1, 0.15) is 0 Å². The van der Waals surface area contributed by atoms with Crippen molar-refractivity contribution >= 4 is 5.97 Å². The van der Waals surface area contributed by atoms with Crippen molar-refractivity contribution in [3.05, 3.63) is 12.2 Å². The fourth-order valence-electron chi connectivity index (χ4n) is 3.97. The van der Waals surface area contributed by atoms with Crippen molar-refractivity contribution in [3.63, 3.8) is 0 Å². The Labute approximate surface area is 111 Å². The van der Waals surface area contributed by atoms with Crippen molar-refractivity contribution in [2.45, 2.75) is 59.0 Å². The third kappa shape index (κ3) is 2.78. The minimum absolute atomic E-state index is 0.0283. The Bertz CT molecular complexity index is 332. The van der Waals surface area contributed by atoms with Crippen LogP contribution < -0.4 is 0 Å². The molecule has 0 aromatic carbocycles. The average molecular weight is 250 g/mol. The highest BCUT2D eigenvalue weighted by atomic mass is 16.5. The van der Waals surface area contributed by atoms with Crippen LogP contribution in [0.25, 0.3) is 0 Å². The Hall–Kier alpha value is -0.790. The van der Waals surface area contributed by atoms with Crippen LogP contribution in [0.1, 0.15) is 52.9 Å². The number of esters is 1. The lowest BCUT2D eigenvalue weighted by molar-refractivity contribution is -0.143. The van der Waals surface area contributed by atoms with Crippen LogP contribution in [-0.2, 0) is 9.53 Å². The fraction of sp³-hybridized carbons (Fsp3) is 0.812. The minimum Gasteiger partial charge on any atom is -0.459 e. The maximum Gasteiger partial charge on any atom is 0.333 e. The van der Waals surface area contributed by atoms with Gasteiger partial charge in [0.25, 0.3) is 0 Å². The first-order valence-electron chi connectivity index (χ1n) is 7.35. The monoisotopic (exact) mass is 250 g/mol. The van der Waals surface area contributed by atoms with Crippen LogP contribution in [0.2, 0.25) is 0 Å². The van der Waals surface area contributed by atoms with Crippen LogP contribution in [0.15, 0.2) is 12.2 Å². The zero-order valence-corrected chi connectivity index (χ0v) is 11.9. The van der Waals surface area contributed by atoms with Crippen LogP contribution in [0.4, 0.5) is 0 Å². The summed E-state index contributed by atoms with van der Waals surface area (Å²) < 4.78 is 5.35. The molecule has 2 fully saturated rings. The molecule has 2 saturated carbocycles. The molecule has 2 rings (SSSR count). The van der Waals surface area contributed by atoms with Gasteiger partial charge in [0.15, 0.2) is 0 Å². The first-order chi connectivity index (χ1) is 8.49. The van der Waals surface area contributed by atoms with E-state index >= 15 is 0 Å². The normalized spacial score (nSPS) is 35.5. The summed E-state index contributed by atoms with van der Waals surface area (Å²) in [5.41, 5.74) is 0.496. The summed E-state index contributed by atoms with van der Waals surface area (Å²) in [4.78, 5) is 11.4. The number of carbonyl (C=O) groups is 1. The van der Waals surface area contributed by atoms with Gasteiger partial charge in [0.05, 0.1) is 6.10 Å². The molecule has 5 atom stereocenters. The summed E-state index contributed by atoms with van der Waals surface area (Å²) in [5.74, 6) is 3.44. The number of hydrogen-bond acceptors (Lipinski definition) is 2. The lowest BCUT2D eigenvalue weighted by Crippen LogP contribution is -2.22. The molecule has 18 heavy (non-hydrogen) atoms. The van der Waals surface area contributed by atoms with Gasteiger partial charge in [-0.2, -0.15) is 0 Å². The lowest BCUT2D eigenvalue weighted by atomic mass is 9.78. The molecular weight excluding hydrogens is 224 g/mol. The molecule has 0 aliphatic heterocycles. The first-order valence-corrected chi connectivity index (χ1v) is 7.35. The Morgan fingerprint density at radius 2 is 2.06 bits per heavy atom. The molecule has 2 heteroatoms. The summed E-state index contributed by atoms with van der Waals surface area (Å²) in [6.07, 6.45) is 6.57. The molecule has 0 spiro atoms. The van der Waals surface area contributed by atoms with E-state index in [9.17, 15) is 4.79 Å². The minimum atomic E-state index is -0.247. The second-order valence-electron chi connectivity index (χ2n) is 6.43. The van der Waals surface area contributed by atoms with E-state index in [0.717, 1.165) is 30.1 Å². The van der Waals surface area contributed by atoms with Gasteiger partial charge in [0.2, 0.25) is 0 Å². The molecule has 5 unspecified atom stereocenters. The molecule has 0 saturated heterocycles. The van der Waals surface area contributed by atoms with Crippen LogP contribution in [0, 0.1) is 23.7 Å². The van der Waals surface area contributed by atoms with E-state index in [2.05, 4.69) is 13.5 Å². The van der Waals surface area contributed by atoms with Crippen molar-refractivity contribution in [1.29, 1.82) is 0 Å². The Morgan fingerprint density at radius 1 is 1.39 bits per heavy atom. The van der Waals surface area contributed by atoms with Gasteiger partial charge in [-0.1, -0.05) is 13.5 Å². The highest BCUT2D eigenvalue weighted by Gasteiger charge is 2.44. The second-order valence-corrected chi connectivity index (χ2v) is 6.43. The van der Waals surface area contributed by atoms with E-state index in [1.165, 1.54) is 25.7 Å². The van der Waals surface area contributed by atoms with Gasteiger partial charge in [-0.3, -0.25) is 0 Å². The largest absolute Gasteiger partial charge is 0.459 e. The molecule has 102 valence electrons. The van der Waals surface area contributed by atoms with Crippen molar-refractivity contribution in [2.24, 2.45) is 23.7 Å². The molecule has 0 aromatic rings. The zero-order chi connectivity index (χ0) is 13.3. The summed E-state index contributed by atoms with van der Waals surface area (Å²) in [7, 11) is 0. The van der Waals surface area contributed by atoms with Gasteiger partial charge < -0.3 is 4.74 Å². The average Bonchev–Trinajstić information content (AvgIpc) is 2.87. The van der Waals surface area contributed by atoms with Gasteiger partial charge >= 0.3 is 5.97 Å². The molecule has 0 heterocycles. The van der Waals surface area contributed by atoms with E-state index in [0.29, 0.717) is 5.57 Å². The Morgan fingerprint density at radius 3 is 2.61 bits per heavy atom. The van der Waals surface area contributed by atoms with Crippen molar-refractivity contribution in [1.82, 2.24) is 0 Å².